The van der Waals surface area contributed by atoms with Crippen LogP contribution in [-0.4, -0.2) is 26.0 Å². The molecule has 2 heterocycles. The number of para-hydroxylation sites is 1. The van der Waals surface area contributed by atoms with Gasteiger partial charge in [0.2, 0.25) is 0 Å². The Morgan fingerprint density at radius 3 is 2.52 bits per heavy atom. The number of hydrogen-bond donors (Lipinski definition) is 1. The van der Waals surface area contributed by atoms with E-state index in [2.05, 4.69) is 30.9 Å². The zero-order chi connectivity index (χ0) is 14.8. The fourth-order valence-electron chi connectivity index (χ4n) is 1.87. The van der Waals surface area contributed by atoms with Crippen molar-refractivity contribution < 1.29 is 14.6 Å². The van der Waals surface area contributed by atoms with Gasteiger partial charge < -0.3 is 9.84 Å². The van der Waals surface area contributed by atoms with Gasteiger partial charge in [0, 0.05) is 17.8 Å². The van der Waals surface area contributed by atoms with Gasteiger partial charge in [0.1, 0.15) is 5.56 Å². The SMILES string of the molecule is O=C(O)c1c(Oc2ncc(Br)cn2)cnc2ccccc12. The number of pyridine rings is 1. The lowest BCUT2D eigenvalue weighted by atomic mass is 10.1. The number of carbonyl (C=O) groups is 1. The predicted molar refractivity (Wildman–Crippen MR) is 78.5 cm³/mol. The van der Waals surface area contributed by atoms with Gasteiger partial charge >= 0.3 is 12.0 Å². The Morgan fingerprint density at radius 1 is 1.10 bits per heavy atom. The third kappa shape index (κ3) is 2.68. The number of hydrogen-bond acceptors (Lipinski definition) is 5. The lowest BCUT2D eigenvalue weighted by Gasteiger charge is -2.09. The topological polar surface area (TPSA) is 85.2 Å². The molecule has 0 fully saturated rings. The van der Waals surface area contributed by atoms with Crippen LogP contribution in [0.5, 0.6) is 11.8 Å². The van der Waals surface area contributed by atoms with Crippen LogP contribution in [0.15, 0.2) is 47.3 Å². The minimum absolute atomic E-state index is 0.0344. The number of aromatic nitrogens is 3. The van der Waals surface area contributed by atoms with Crippen molar-refractivity contribution in [3.63, 3.8) is 0 Å². The van der Waals surface area contributed by atoms with Crippen LogP contribution in [0.4, 0.5) is 0 Å². The number of fused-ring (bicyclic) bond motifs is 1. The Bertz CT molecular complexity index is 821. The molecule has 0 unspecified atom stereocenters. The first-order chi connectivity index (χ1) is 10.1. The van der Waals surface area contributed by atoms with Crippen LogP contribution in [0.1, 0.15) is 10.4 Å². The second-order valence-electron chi connectivity index (χ2n) is 4.11. The van der Waals surface area contributed by atoms with Gasteiger partial charge in [0.25, 0.3) is 0 Å². The monoisotopic (exact) mass is 345 g/mol. The Labute approximate surface area is 127 Å². The second kappa shape index (κ2) is 5.45. The van der Waals surface area contributed by atoms with Crippen LogP contribution in [0.25, 0.3) is 10.9 Å². The maximum absolute atomic E-state index is 11.5. The van der Waals surface area contributed by atoms with Crippen LogP contribution in [0.2, 0.25) is 0 Å². The first kappa shape index (κ1) is 13.4. The molecule has 7 heteroatoms. The molecule has 0 aliphatic carbocycles. The van der Waals surface area contributed by atoms with E-state index in [1.807, 2.05) is 0 Å². The lowest BCUT2D eigenvalue weighted by molar-refractivity contribution is 0.0696. The molecule has 6 nitrogen and oxygen atoms in total. The molecule has 0 radical (unpaired) electrons. The van der Waals surface area contributed by atoms with Gasteiger partial charge in [-0.2, -0.15) is 0 Å². The van der Waals surface area contributed by atoms with Gasteiger partial charge in [-0.25, -0.2) is 14.8 Å². The fourth-order valence-corrected chi connectivity index (χ4v) is 2.08. The molecule has 0 amide bonds. The third-order valence-electron chi connectivity index (χ3n) is 2.75. The van der Waals surface area contributed by atoms with Crippen LogP contribution >= 0.6 is 15.9 Å². The van der Waals surface area contributed by atoms with Crippen molar-refractivity contribution in [2.24, 2.45) is 0 Å². The molecule has 21 heavy (non-hydrogen) atoms. The number of rotatable bonds is 3. The van der Waals surface area contributed by atoms with Gasteiger partial charge in [-0.05, 0) is 22.0 Å². The highest BCUT2D eigenvalue weighted by Crippen LogP contribution is 2.28. The summed E-state index contributed by atoms with van der Waals surface area (Å²) in [5, 5.41) is 9.93. The van der Waals surface area contributed by atoms with E-state index in [1.165, 1.54) is 18.6 Å². The zero-order valence-electron chi connectivity index (χ0n) is 10.5. The Hall–Kier alpha value is -2.54. The molecular formula is C14H8BrN3O3. The van der Waals surface area contributed by atoms with E-state index in [9.17, 15) is 9.90 Å². The first-order valence-corrected chi connectivity index (χ1v) is 6.71. The Kier molecular flexibility index (Phi) is 3.49. The van der Waals surface area contributed by atoms with Crippen LogP contribution in [-0.2, 0) is 0 Å². The molecule has 3 rings (SSSR count). The van der Waals surface area contributed by atoms with Crippen molar-refractivity contribution in [3.05, 3.63) is 52.9 Å². The van der Waals surface area contributed by atoms with Gasteiger partial charge in [-0.1, -0.05) is 18.2 Å². The average Bonchev–Trinajstić information content (AvgIpc) is 2.49. The highest BCUT2D eigenvalue weighted by molar-refractivity contribution is 9.10. The molecule has 0 saturated heterocycles. The first-order valence-electron chi connectivity index (χ1n) is 5.91. The van der Waals surface area contributed by atoms with Crippen molar-refractivity contribution in [3.8, 4) is 11.8 Å². The summed E-state index contributed by atoms with van der Waals surface area (Å²) in [6.45, 7) is 0. The number of carboxylic acid groups (broad SMARTS) is 1. The highest BCUT2D eigenvalue weighted by atomic mass is 79.9. The van der Waals surface area contributed by atoms with Gasteiger partial charge in [-0.3, -0.25) is 4.98 Å². The quantitative estimate of drug-likeness (QED) is 0.783. The standard InChI is InChI=1S/C14H8BrN3O3/c15-8-5-17-14(18-6-8)21-11-7-16-10-4-2-1-3-9(10)12(11)13(19)20/h1-7H,(H,19,20). The Morgan fingerprint density at radius 2 is 1.81 bits per heavy atom. The van der Waals surface area contributed by atoms with E-state index in [0.717, 1.165) is 0 Å². The number of ether oxygens (including phenoxy) is 1. The molecule has 1 N–H and O–H groups in total. The van der Waals surface area contributed by atoms with Crippen LogP contribution in [0.3, 0.4) is 0 Å². The molecule has 0 aliphatic heterocycles. The summed E-state index contributed by atoms with van der Waals surface area (Å²) in [4.78, 5) is 23.6. The number of carboxylic acids is 1. The van der Waals surface area contributed by atoms with Crippen molar-refractivity contribution in [1.82, 2.24) is 15.0 Å². The summed E-state index contributed by atoms with van der Waals surface area (Å²) >= 11 is 3.21. The largest absolute Gasteiger partial charge is 0.478 e. The summed E-state index contributed by atoms with van der Waals surface area (Å²) in [7, 11) is 0. The molecule has 0 bridgehead atoms. The maximum Gasteiger partial charge on any atom is 0.340 e. The number of nitrogens with zero attached hydrogens (tertiary/aromatic N) is 3. The minimum Gasteiger partial charge on any atom is -0.478 e. The lowest BCUT2D eigenvalue weighted by Crippen LogP contribution is -2.03. The fraction of sp³-hybridized carbons (Fsp3) is 0. The molecule has 0 spiro atoms. The normalized spacial score (nSPS) is 10.5. The molecule has 0 atom stereocenters. The van der Waals surface area contributed by atoms with E-state index in [4.69, 9.17) is 4.74 Å². The number of halogens is 1. The van der Waals surface area contributed by atoms with Gasteiger partial charge in [-0.15, -0.1) is 0 Å². The number of benzene rings is 1. The summed E-state index contributed by atoms with van der Waals surface area (Å²) in [6, 6.07) is 7.01. The van der Waals surface area contributed by atoms with Gasteiger partial charge in [0.15, 0.2) is 5.75 Å². The molecule has 1 aromatic carbocycles. The van der Waals surface area contributed by atoms with Crippen molar-refractivity contribution in [2.45, 2.75) is 0 Å². The van der Waals surface area contributed by atoms with E-state index in [0.29, 0.717) is 15.4 Å². The summed E-state index contributed by atoms with van der Waals surface area (Å²) in [5.41, 5.74) is 0.617. The van der Waals surface area contributed by atoms with Crippen molar-refractivity contribution in [2.75, 3.05) is 0 Å². The van der Waals surface area contributed by atoms with Crippen LogP contribution in [0, 0.1) is 0 Å². The molecule has 2 aromatic heterocycles. The minimum atomic E-state index is -1.10. The summed E-state index contributed by atoms with van der Waals surface area (Å²) < 4.78 is 6.15. The molecule has 104 valence electrons. The maximum atomic E-state index is 11.5. The van der Waals surface area contributed by atoms with Crippen LogP contribution < -0.4 is 4.74 Å². The summed E-state index contributed by atoms with van der Waals surface area (Å²) in [6.07, 6.45) is 4.38. The zero-order valence-corrected chi connectivity index (χ0v) is 12.1. The smallest absolute Gasteiger partial charge is 0.340 e. The average molecular weight is 346 g/mol. The van der Waals surface area contributed by atoms with E-state index in [1.54, 1.807) is 24.3 Å². The number of aromatic carboxylic acids is 1. The second-order valence-corrected chi connectivity index (χ2v) is 5.02. The van der Waals surface area contributed by atoms with E-state index < -0.39 is 5.97 Å². The highest BCUT2D eigenvalue weighted by Gasteiger charge is 2.17. The molecule has 3 aromatic rings. The molecular weight excluding hydrogens is 338 g/mol. The van der Waals surface area contributed by atoms with E-state index >= 15 is 0 Å². The summed E-state index contributed by atoms with van der Waals surface area (Å²) in [5.74, 6) is -0.996. The molecule has 0 aliphatic rings. The molecule has 0 saturated carbocycles. The van der Waals surface area contributed by atoms with Crippen molar-refractivity contribution >= 4 is 32.8 Å². The van der Waals surface area contributed by atoms with Crippen molar-refractivity contribution in [1.29, 1.82) is 0 Å². The van der Waals surface area contributed by atoms with Gasteiger partial charge in [0.05, 0.1) is 16.2 Å². The third-order valence-corrected chi connectivity index (χ3v) is 3.16. The predicted octanol–water partition coefficient (Wildman–Crippen LogP) is 3.28. The van der Waals surface area contributed by atoms with E-state index in [-0.39, 0.29) is 17.3 Å². The Balaban J connectivity index is 2.11.